The van der Waals surface area contributed by atoms with Crippen molar-refractivity contribution in [1.29, 1.82) is 0 Å². The molecule has 2 amide bonds. The molecule has 74 heavy (non-hydrogen) atoms. The van der Waals surface area contributed by atoms with Gasteiger partial charge in [-0.05, 0) is 111 Å². The number of carbonyl (C=O) groups excluding carboxylic acids is 2. The van der Waals surface area contributed by atoms with Crippen LogP contribution in [0.2, 0.25) is 0 Å². The Morgan fingerprint density at radius 3 is 0.973 bits per heavy atom. The zero-order valence-electron chi connectivity index (χ0n) is 47.4. The quantitative estimate of drug-likeness (QED) is 0.0330. The molecule has 4 heterocycles. The molecular formula is C66H98N4O2S2. The molecule has 2 aromatic carbocycles. The standard InChI is InChI=1S/C66H98N4O2S2/c1-7-11-15-19-23-25-29-33-37-53(35-31-27-21-17-13-9-3)49-69-59-47-55(61-45-39-51(5)73-61)41-43-57(59)63(65(69)71)67-68-64-58-44-42-56(62-46-40-52(6)74-62)48-60(58)70(66(64)72)50-54(36-32-28-22-18-14-10-4)38-34-30-26-24-20-16-12-8-2/h39-48,53-54H,7-38,49-50H2,1-6H3/b67-63-,68-64-. The van der Waals surface area contributed by atoms with Crippen LogP contribution in [0.4, 0.5) is 11.4 Å². The van der Waals surface area contributed by atoms with Crippen LogP contribution in [0.1, 0.15) is 254 Å². The average Bonchev–Trinajstić information content (AvgIpc) is 4.17. The number of hydrogen-bond donors (Lipinski definition) is 0. The third-order valence-electron chi connectivity index (χ3n) is 16.0. The number of nitrogens with zero attached hydrogens (tertiary/aromatic N) is 4. The van der Waals surface area contributed by atoms with E-state index in [2.05, 4.69) is 102 Å². The minimum atomic E-state index is -0.0944. The van der Waals surface area contributed by atoms with Gasteiger partial charge in [-0.15, -0.1) is 32.9 Å². The van der Waals surface area contributed by atoms with E-state index < -0.39 is 0 Å². The summed E-state index contributed by atoms with van der Waals surface area (Å²) < 4.78 is 0. The molecular weight excluding hydrogens is 945 g/mol. The number of fused-ring (bicyclic) bond motifs is 2. The first-order chi connectivity index (χ1) is 36.3. The average molecular weight is 1040 g/mol. The van der Waals surface area contributed by atoms with E-state index in [4.69, 9.17) is 10.2 Å². The number of hydrogen-bond acceptors (Lipinski definition) is 6. The van der Waals surface area contributed by atoms with Crippen LogP contribution in [-0.4, -0.2) is 36.3 Å². The van der Waals surface area contributed by atoms with Crippen molar-refractivity contribution in [3.05, 3.63) is 81.5 Å². The van der Waals surface area contributed by atoms with Crippen molar-refractivity contribution in [2.75, 3.05) is 22.9 Å². The second-order valence-electron chi connectivity index (χ2n) is 22.4. The number of amides is 2. The first-order valence-corrected chi connectivity index (χ1v) is 32.1. The molecule has 2 atom stereocenters. The van der Waals surface area contributed by atoms with Gasteiger partial charge in [0.05, 0.1) is 11.4 Å². The fourth-order valence-electron chi connectivity index (χ4n) is 11.5. The van der Waals surface area contributed by atoms with E-state index in [1.54, 1.807) is 22.7 Å². The highest BCUT2D eigenvalue weighted by molar-refractivity contribution is 7.15. The molecule has 0 bridgehead atoms. The van der Waals surface area contributed by atoms with Gasteiger partial charge in [0.2, 0.25) is 0 Å². The van der Waals surface area contributed by atoms with E-state index in [1.807, 2.05) is 9.80 Å². The van der Waals surface area contributed by atoms with Gasteiger partial charge in [-0.1, -0.05) is 220 Å². The summed E-state index contributed by atoms with van der Waals surface area (Å²) in [6.45, 7) is 14.8. The summed E-state index contributed by atoms with van der Waals surface area (Å²) in [6, 6.07) is 21.6. The zero-order valence-corrected chi connectivity index (χ0v) is 49.0. The molecule has 406 valence electrons. The van der Waals surface area contributed by atoms with Gasteiger partial charge in [0, 0.05) is 43.7 Å². The summed E-state index contributed by atoms with van der Waals surface area (Å²) >= 11 is 3.58. The van der Waals surface area contributed by atoms with Crippen molar-refractivity contribution in [3.63, 3.8) is 0 Å². The zero-order chi connectivity index (χ0) is 52.3. The largest absolute Gasteiger partial charge is 0.306 e. The van der Waals surface area contributed by atoms with Crippen molar-refractivity contribution in [2.45, 2.75) is 247 Å². The maximum absolute atomic E-state index is 15.1. The Morgan fingerprint density at radius 2 is 0.689 bits per heavy atom. The van der Waals surface area contributed by atoms with Gasteiger partial charge < -0.3 is 9.80 Å². The van der Waals surface area contributed by atoms with Crippen LogP contribution in [0, 0.1) is 25.7 Å². The number of unbranched alkanes of at least 4 members (excludes halogenated alkanes) is 24. The molecule has 0 spiro atoms. The first kappa shape index (κ1) is 59.4. The first-order valence-electron chi connectivity index (χ1n) is 30.5. The maximum Gasteiger partial charge on any atom is 0.279 e. The third kappa shape index (κ3) is 18.4. The molecule has 6 rings (SSSR count). The smallest absolute Gasteiger partial charge is 0.279 e. The summed E-state index contributed by atoms with van der Waals surface area (Å²) in [7, 11) is 0. The predicted octanol–water partition coefficient (Wildman–Crippen LogP) is 20.4. The molecule has 2 aliphatic rings. The maximum atomic E-state index is 15.1. The molecule has 8 heteroatoms. The van der Waals surface area contributed by atoms with Crippen molar-refractivity contribution in [3.8, 4) is 20.9 Å². The van der Waals surface area contributed by atoms with E-state index in [-0.39, 0.29) is 11.8 Å². The second kappa shape index (κ2) is 33.3. The fraction of sp³-hybridized carbons (Fsp3) is 0.636. The van der Waals surface area contributed by atoms with Crippen LogP contribution in [0.25, 0.3) is 20.9 Å². The SMILES string of the molecule is CCCCCCCCCCC(CCCCCCCC)CN1C(=O)/C(=N\N=C2/C(=O)N(CC(CCCCCCCC)CCCCCCCCCC)c3cc(-c4ccc(C)s4)ccc32)c2ccc(-c3ccc(C)s3)cc21. The highest BCUT2D eigenvalue weighted by Crippen LogP contribution is 2.40. The van der Waals surface area contributed by atoms with Crippen molar-refractivity contribution in [1.82, 2.24) is 0 Å². The summed E-state index contributed by atoms with van der Waals surface area (Å²) in [6.07, 6.45) is 40.6. The number of anilines is 2. The number of carbonyl (C=O) groups is 2. The molecule has 0 fully saturated rings. The normalized spacial score (nSPS) is 15.3. The minimum Gasteiger partial charge on any atom is -0.306 e. The summed E-state index contributed by atoms with van der Waals surface area (Å²) in [5.41, 5.74) is 6.43. The van der Waals surface area contributed by atoms with Gasteiger partial charge in [0.15, 0.2) is 11.4 Å². The lowest BCUT2D eigenvalue weighted by Crippen LogP contribution is -2.35. The van der Waals surface area contributed by atoms with Gasteiger partial charge in [-0.25, -0.2) is 0 Å². The van der Waals surface area contributed by atoms with Crippen LogP contribution < -0.4 is 9.80 Å². The summed E-state index contributed by atoms with van der Waals surface area (Å²) in [5.74, 6) is 0.625. The summed E-state index contributed by atoms with van der Waals surface area (Å²) in [4.78, 5) is 39.2. The topological polar surface area (TPSA) is 65.3 Å². The molecule has 2 aliphatic heterocycles. The lowest BCUT2D eigenvalue weighted by atomic mass is 9.93. The molecule has 0 saturated heterocycles. The Kier molecular flexibility index (Phi) is 26.7. The number of benzene rings is 2. The predicted molar refractivity (Wildman–Crippen MR) is 324 cm³/mol. The third-order valence-corrected chi connectivity index (χ3v) is 18.1. The van der Waals surface area contributed by atoms with Crippen molar-refractivity contribution in [2.24, 2.45) is 22.0 Å². The van der Waals surface area contributed by atoms with E-state index in [9.17, 15) is 0 Å². The second-order valence-corrected chi connectivity index (χ2v) is 25.0. The van der Waals surface area contributed by atoms with Gasteiger partial charge in [0.25, 0.3) is 11.8 Å². The highest BCUT2D eigenvalue weighted by atomic mass is 32.1. The molecule has 2 aromatic heterocycles. The molecule has 6 nitrogen and oxygen atoms in total. The molecule has 0 N–H and O–H groups in total. The highest BCUT2D eigenvalue weighted by Gasteiger charge is 2.38. The number of aryl methyl sites for hydroxylation is 2. The Bertz CT molecular complexity index is 2180. The van der Waals surface area contributed by atoms with Gasteiger partial charge in [0.1, 0.15) is 0 Å². The molecule has 2 unspecified atom stereocenters. The summed E-state index contributed by atoms with van der Waals surface area (Å²) in [5, 5.41) is 9.82. The van der Waals surface area contributed by atoms with Gasteiger partial charge in [-0.2, -0.15) is 0 Å². The van der Waals surface area contributed by atoms with Crippen LogP contribution in [0.5, 0.6) is 0 Å². The number of thiophene rings is 2. The Labute approximate surface area is 458 Å². The van der Waals surface area contributed by atoms with E-state index in [1.165, 1.54) is 199 Å². The Morgan fingerprint density at radius 1 is 0.392 bits per heavy atom. The number of rotatable bonds is 39. The monoisotopic (exact) mass is 1040 g/mol. The van der Waals surface area contributed by atoms with E-state index in [0.717, 1.165) is 59.3 Å². The molecule has 0 saturated carbocycles. The van der Waals surface area contributed by atoms with E-state index in [0.29, 0.717) is 36.3 Å². The van der Waals surface area contributed by atoms with Crippen LogP contribution in [-0.2, 0) is 9.59 Å². The molecule has 4 aromatic rings. The Hall–Kier alpha value is -3.88. The molecule has 0 aliphatic carbocycles. The minimum absolute atomic E-state index is 0.0944. The van der Waals surface area contributed by atoms with Crippen LogP contribution in [0.15, 0.2) is 70.9 Å². The Balaban J connectivity index is 1.29. The van der Waals surface area contributed by atoms with Crippen molar-refractivity contribution < 1.29 is 9.59 Å². The van der Waals surface area contributed by atoms with Crippen molar-refractivity contribution >= 4 is 57.3 Å². The fourth-order valence-corrected chi connectivity index (χ4v) is 13.2. The van der Waals surface area contributed by atoms with Crippen LogP contribution >= 0.6 is 22.7 Å². The van der Waals surface area contributed by atoms with Gasteiger partial charge in [-0.3, -0.25) is 9.59 Å². The lowest BCUT2D eigenvalue weighted by molar-refractivity contribution is -0.113. The van der Waals surface area contributed by atoms with E-state index >= 15 is 9.59 Å². The van der Waals surface area contributed by atoms with Crippen LogP contribution in [0.3, 0.4) is 0 Å². The molecule has 0 radical (unpaired) electrons. The lowest BCUT2D eigenvalue weighted by Gasteiger charge is -2.25. The van der Waals surface area contributed by atoms with Gasteiger partial charge >= 0.3 is 0 Å².